The van der Waals surface area contributed by atoms with Crippen molar-refractivity contribution in [2.75, 3.05) is 11.9 Å². The summed E-state index contributed by atoms with van der Waals surface area (Å²) in [7, 11) is 0. The number of benzene rings is 3. The third kappa shape index (κ3) is 5.00. The Labute approximate surface area is 171 Å². The minimum atomic E-state index is -0.166. The Morgan fingerprint density at radius 3 is 2.59 bits per heavy atom. The molecular formula is C24H27N3O2. The van der Waals surface area contributed by atoms with Gasteiger partial charge in [0, 0.05) is 17.7 Å². The first kappa shape index (κ1) is 20.6. The van der Waals surface area contributed by atoms with Gasteiger partial charge in [-0.25, -0.2) is 0 Å². The molecule has 0 aliphatic rings. The van der Waals surface area contributed by atoms with Crippen molar-refractivity contribution in [2.24, 2.45) is 5.73 Å². The van der Waals surface area contributed by atoms with Crippen molar-refractivity contribution in [1.29, 1.82) is 0 Å². The number of aryl methyl sites for hydroxylation is 1. The van der Waals surface area contributed by atoms with Crippen LogP contribution in [-0.4, -0.2) is 18.4 Å². The highest BCUT2D eigenvalue weighted by Gasteiger charge is 2.16. The summed E-state index contributed by atoms with van der Waals surface area (Å²) in [6, 6.07) is 19.5. The molecule has 1 atom stereocenters. The number of rotatable bonds is 7. The number of amides is 2. The highest BCUT2D eigenvalue weighted by atomic mass is 16.2. The van der Waals surface area contributed by atoms with Gasteiger partial charge in [-0.1, -0.05) is 48.5 Å². The highest BCUT2D eigenvalue weighted by Crippen LogP contribution is 2.25. The van der Waals surface area contributed by atoms with Gasteiger partial charge >= 0.3 is 0 Å². The van der Waals surface area contributed by atoms with Crippen molar-refractivity contribution in [2.45, 2.75) is 32.7 Å². The van der Waals surface area contributed by atoms with Crippen LogP contribution in [0.3, 0.4) is 0 Å². The zero-order valence-electron chi connectivity index (χ0n) is 16.9. The Kier molecular flexibility index (Phi) is 6.62. The molecule has 0 saturated carbocycles. The number of carbonyl (C=O) groups excluding carboxylic acids is 2. The monoisotopic (exact) mass is 389 g/mol. The molecule has 0 aliphatic carbocycles. The minimum Gasteiger partial charge on any atom is -0.345 e. The largest absolute Gasteiger partial charge is 0.345 e. The van der Waals surface area contributed by atoms with Gasteiger partial charge in [0.2, 0.25) is 5.91 Å². The minimum absolute atomic E-state index is 0.102. The lowest BCUT2D eigenvalue weighted by atomic mass is 9.99. The molecule has 0 bridgehead atoms. The zero-order valence-corrected chi connectivity index (χ0v) is 16.9. The maximum Gasteiger partial charge on any atom is 0.252 e. The normalized spacial score (nSPS) is 11.8. The van der Waals surface area contributed by atoms with E-state index in [4.69, 9.17) is 5.73 Å². The SMILES string of the molecule is Cc1ccc(NC(=O)CCCN)cc1C(=O)N[C@H](C)c1cccc2ccccc12. The van der Waals surface area contributed by atoms with E-state index in [9.17, 15) is 9.59 Å². The molecule has 4 N–H and O–H groups in total. The fourth-order valence-electron chi connectivity index (χ4n) is 3.41. The molecule has 5 heteroatoms. The lowest BCUT2D eigenvalue weighted by Crippen LogP contribution is -2.27. The van der Waals surface area contributed by atoms with E-state index in [0.717, 1.165) is 21.9 Å². The van der Waals surface area contributed by atoms with E-state index in [-0.39, 0.29) is 17.9 Å². The van der Waals surface area contributed by atoms with Gasteiger partial charge < -0.3 is 16.4 Å². The van der Waals surface area contributed by atoms with Gasteiger partial charge in [-0.3, -0.25) is 9.59 Å². The van der Waals surface area contributed by atoms with Crippen LogP contribution in [0.25, 0.3) is 10.8 Å². The van der Waals surface area contributed by atoms with E-state index in [2.05, 4.69) is 28.8 Å². The second-order valence-electron chi connectivity index (χ2n) is 7.23. The number of fused-ring (bicyclic) bond motifs is 1. The average molecular weight is 389 g/mol. The predicted octanol–water partition coefficient (Wildman–Crippen LogP) is 4.32. The molecule has 0 aliphatic heterocycles. The van der Waals surface area contributed by atoms with Crippen molar-refractivity contribution in [3.05, 3.63) is 77.4 Å². The van der Waals surface area contributed by atoms with E-state index < -0.39 is 0 Å². The Morgan fingerprint density at radius 1 is 1.03 bits per heavy atom. The Bertz CT molecular complexity index is 1020. The first-order valence-electron chi connectivity index (χ1n) is 9.88. The predicted molar refractivity (Wildman–Crippen MR) is 118 cm³/mol. The topological polar surface area (TPSA) is 84.2 Å². The van der Waals surface area contributed by atoms with Crippen LogP contribution in [0.2, 0.25) is 0 Å². The molecule has 150 valence electrons. The van der Waals surface area contributed by atoms with Gasteiger partial charge in [0.05, 0.1) is 6.04 Å². The third-order valence-electron chi connectivity index (χ3n) is 5.01. The van der Waals surface area contributed by atoms with Crippen LogP contribution in [0.15, 0.2) is 60.7 Å². The number of hydrogen-bond acceptors (Lipinski definition) is 3. The van der Waals surface area contributed by atoms with Gasteiger partial charge in [0.25, 0.3) is 5.91 Å². The van der Waals surface area contributed by atoms with E-state index in [1.807, 2.05) is 44.2 Å². The van der Waals surface area contributed by atoms with Crippen molar-refractivity contribution < 1.29 is 9.59 Å². The molecule has 0 aromatic heterocycles. The average Bonchev–Trinajstić information content (AvgIpc) is 2.73. The van der Waals surface area contributed by atoms with Gasteiger partial charge in [0.1, 0.15) is 0 Å². The summed E-state index contributed by atoms with van der Waals surface area (Å²) in [5.41, 5.74) is 8.54. The fraction of sp³-hybridized carbons (Fsp3) is 0.250. The summed E-state index contributed by atoms with van der Waals surface area (Å²) in [4.78, 5) is 24.9. The number of anilines is 1. The van der Waals surface area contributed by atoms with Crippen LogP contribution < -0.4 is 16.4 Å². The first-order valence-corrected chi connectivity index (χ1v) is 9.88. The molecular weight excluding hydrogens is 362 g/mol. The molecule has 3 rings (SSSR count). The summed E-state index contributed by atoms with van der Waals surface area (Å²) in [6.45, 7) is 4.34. The summed E-state index contributed by atoms with van der Waals surface area (Å²) in [6.07, 6.45) is 0.998. The van der Waals surface area contributed by atoms with E-state index in [1.54, 1.807) is 12.1 Å². The Morgan fingerprint density at radius 2 is 1.79 bits per heavy atom. The fourth-order valence-corrected chi connectivity index (χ4v) is 3.41. The number of nitrogens with two attached hydrogens (primary N) is 1. The van der Waals surface area contributed by atoms with Crippen LogP contribution in [0.4, 0.5) is 5.69 Å². The molecule has 0 radical (unpaired) electrons. The maximum atomic E-state index is 13.0. The molecule has 5 nitrogen and oxygen atoms in total. The molecule has 29 heavy (non-hydrogen) atoms. The first-order chi connectivity index (χ1) is 14.0. The molecule has 0 unspecified atom stereocenters. The van der Waals surface area contributed by atoms with E-state index in [1.165, 1.54) is 0 Å². The standard InChI is InChI=1S/C24H27N3O2/c1-16-12-13-19(27-23(28)11-6-14-25)15-22(16)24(29)26-17(2)20-10-5-8-18-7-3-4-9-21(18)20/h3-5,7-10,12-13,15,17H,6,11,14,25H2,1-2H3,(H,26,29)(H,27,28)/t17-/m1/s1. The smallest absolute Gasteiger partial charge is 0.252 e. The quantitative estimate of drug-likeness (QED) is 0.563. The van der Waals surface area contributed by atoms with Gasteiger partial charge in [-0.05, 0) is 60.8 Å². The second-order valence-corrected chi connectivity index (χ2v) is 7.23. The zero-order chi connectivity index (χ0) is 20.8. The number of nitrogens with one attached hydrogen (secondary N) is 2. The lowest BCUT2D eigenvalue weighted by molar-refractivity contribution is -0.116. The molecule has 0 heterocycles. The van der Waals surface area contributed by atoms with Crippen molar-refractivity contribution in [3.63, 3.8) is 0 Å². The number of carbonyl (C=O) groups is 2. The Balaban J connectivity index is 1.77. The second kappa shape index (κ2) is 9.34. The van der Waals surface area contributed by atoms with Crippen LogP contribution in [0, 0.1) is 6.92 Å². The molecule has 3 aromatic carbocycles. The summed E-state index contributed by atoms with van der Waals surface area (Å²) in [5, 5.41) is 8.19. The third-order valence-corrected chi connectivity index (χ3v) is 5.01. The van der Waals surface area contributed by atoms with Crippen LogP contribution in [-0.2, 0) is 4.79 Å². The summed E-state index contributed by atoms with van der Waals surface area (Å²) in [5.74, 6) is -0.268. The van der Waals surface area contributed by atoms with Gasteiger partial charge in [-0.15, -0.1) is 0 Å². The van der Waals surface area contributed by atoms with Gasteiger partial charge in [-0.2, -0.15) is 0 Å². The van der Waals surface area contributed by atoms with Crippen LogP contribution in [0.5, 0.6) is 0 Å². The van der Waals surface area contributed by atoms with Crippen LogP contribution in [0.1, 0.15) is 47.3 Å². The van der Waals surface area contributed by atoms with Crippen molar-refractivity contribution in [1.82, 2.24) is 5.32 Å². The molecule has 0 fully saturated rings. The maximum absolute atomic E-state index is 13.0. The molecule has 0 spiro atoms. The highest BCUT2D eigenvalue weighted by molar-refractivity contribution is 5.99. The van der Waals surface area contributed by atoms with E-state index in [0.29, 0.717) is 30.6 Å². The molecule has 0 saturated heterocycles. The summed E-state index contributed by atoms with van der Waals surface area (Å²) >= 11 is 0. The number of hydrogen-bond donors (Lipinski definition) is 3. The van der Waals surface area contributed by atoms with Gasteiger partial charge in [0.15, 0.2) is 0 Å². The lowest BCUT2D eigenvalue weighted by Gasteiger charge is -2.18. The molecule has 2 amide bonds. The Hall–Kier alpha value is -3.18. The molecule has 3 aromatic rings. The van der Waals surface area contributed by atoms with Crippen molar-refractivity contribution in [3.8, 4) is 0 Å². The summed E-state index contributed by atoms with van der Waals surface area (Å²) < 4.78 is 0. The van der Waals surface area contributed by atoms with Crippen molar-refractivity contribution >= 4 is 28.3 Å². The van der Waals surface area contributed by atoms with Crippen LogP contribution >= 0.6 is 0 Å². The van der Waals surface area contributed by atoms with E-state index >= 15 is 0 Å².